The molecule has 0 radical (unpaired) electrons. The Bertz CT molecular complexity index is 2230. The van der Waals surface area contributed by atoms with E-state index in [1.54, 1.807) is 44.3 Å². The van der Waals surface area contributed by atoms with Gasteiger partial charge in [0.05, 0.1) is 58.6 Å². The molecule has 28 heteroatoms. The number of aromatic nitrogens is 3. The fourth-order valence-corrected chi connectivity index (χ4v) is 7.72. The quantitative estimate of drug-likeness (QED) is 0.0116. The summed E-state index contributed by atoms with van der Waals surface area (Å²) in [6.45, 7) is 8.13. The highest BCUT2D eigenvalue weighted by Crippen LogP contribution is 2.21. The molecule has 2 heterocycles. The van der Waals surface area contributed by atoms with Gasteiger partial charge in [-0.25, -0.2) is 4.68 Å². The van der Waals surface area contributed by atoms with E-state index in [-0.39, 0.29) is 63.6 Å². The number of rotatable bonds is 30. The van der Waals surface area contributed by atoms with Crippen LogP contribution in [-0.2, 0) is 51.4 Å². The molecule has 0 bridgehead atoms. The lowest BCUT2D eigenvalue weighted by Crippen LogP contribution is -2.61. The summed E-state index contributed by atoms with van der Waals surface area (Å²) in [5.74, 6) is -5.51. The molecule has 74 heavy (non-hydrogen) atoms. The Hall–Kier alpha value is -6.56. The molecule has 12 N–H and O–H groups in total. The van der Waals surface area contributed by atoms with Gasteiger partial charge in [-0.15, -0.1) is 11.7 Å². The van der Waals surface area contributed by atoms with Crippen molar-refractivity contribution in [2.45, 2.75) is 91.3 Å². The molecule has 5 atom stereocenters. The Morgan fingerprint density at radius 2 is 1.27 bits per heavy atom. The molecule has 410 valence electrons. The molecule has 1 fully saturated rings. The fraction of sp³-hybridized carbons (Fsp3) is 0.609. The molecule has 2 aromatic rings. The van der Waals surface area contributed by atoms with E-state index < -0.39 is 125 Å². The van der Waals surface area contributed by atoms with Gasteiger partial charge in [0, 0.05) is 39.6 Å². The third-order valence-electron chi connectivity index (χ3n) is 11.5. The number of aliphatic hydroxyl groups excluding tert-OH is 4. The van der Waals surface area contributed by atoms with Crippen molar-refractivity contribution in [2.75, 3.05) is 78.5 Å². The van der Waals surface area contributed by atoms with Gasteiger partial charge >= 0.3 is 7.12 Å². The zero-order chi connectivity index (χ0) is 55.4. The predicted octanol–water partition coefficient (Wildman–Crippen LogP) is -5.67. The maximum Gasteiger partial charge on any atom is 0.488 e. The van der Waals surface area contributed by atoms with E-state index in [1.165, 1.54) is 37.3 Å². The third-order valence-corrected chi connectivity index (χ3v) is 11.5. The van der Waals surface area contributed by atoms with Gasteiger partial charge in [-0.3, -0.25) is 38.6 Å². The van der Waals surface area contributed by atoms with E-state index in [9.17, 15) is 64.0 Å². The number of nitrogens with two attached hydrogens (primary N) is 3. The molecule has 7 amide bonds. The average molecular weight is 1040 g/mol. The summed E-state index contributed by atoms with van der Waals surface area (Å²) in [7, 11) is -1.62. The van der Waals surface area contributed by atoms with E-state index in [0.29, 0.717) is 24.0 Å². The lowest BCUT2D eigenvalue weighted by Gasteiger charge is -2.40. The summed E-state index contributed by atoms with van der Waals surface area (Å²) in [4.78, 5) is 106. The van der Waals surface area contributed by atoms with Crippen LogP contribution < -0.4 is 22.7 Å². The molecule has 3 rings (SSSR count). The van der Waals surface area contributed by atoms with Crippen molar-refractivity contribution in [3.05, 3.63) is 54.4 Å². The Labute approximate surface area is 430 Å². The van der Waals surface area contributed by atoms with Gasteiger partial charge in [-0.2, -0.15) is 0 Å². The van der Waals surface area contributed by atoms with Crippen LogP contribution in [0.15, 0.2) is 48.1 Å². The SMILES string of the molecule is C=CCN(CC(N)=O)C(=O)CN(C[C@@H]1O[C@@H](O)[C@@H](O)[C@H](O)[C@@H]1O)C(=O)CN(CC(C)C)C(=O)CN(CC(C)C)C(=O)CN(CCCCN=C(N)N)C(=O)CN(Cc1cn(Cc2ccc(B(O)O)cc2)nn1)C(C)=O. The second-order valence-electron chi connectivity index (χ2n) is 18.9. The first-order valence-corrected chi connectivity index (χ1v) is 24.1. The van der Waals surface area contributed by atoms with Crippen LogP contribution in [-0.4, -0.2) is 239 Å². The summed E-state index contributed by atoms with van der Waals surface area (Å²) in [5, 5.41) is 68.6. The maximum atomic E-state index is 14.4. The van der Waals surface area contributed by atoms with Crippen molar-refractivity contribution in [1.82, 2.24) is 44.4 Å². The summed E-state index contributed by atoms with van der Waals surface area (Å²) in [6, 6.07) is 6.50. The second kappa shape index (κ2) is 30.0. The van der Waals surface area contributed by atoms with Gasteiger partial charge < -0.3 is 81.8 Å². The molecule has 0 unspecified atom stereocenters. The molecule has 1 aromatic heterocycles. The Balaban J connectivity index is 1.88. The molecule has 27 nitrogen and oxygen atoms in total. The summed E-state index contributed by atoms with van der Waals surface area (Å²) < 4.78 is 6.82. The summed E-state index contributed by atoms with van der Waals surface area (Å²) >= 11 is 0. The minimum atomic E-state index is -1.98. The van der Waals surface area contributed by atoms with Crippen LogP contribution in [0.1, 0.15) is 58.7 Å². The zero-order valence-electron chi connectivity index (χ0n) is 42.8. The van der Waals surface area contributed by atoms with Crippen molar-refractivity contribution in [3.8, 4) is 0 Å². The van der Waals surface area contributed by atoms with Gasteiger partial charge in [0.2, 0.25) is 41.4 Å². The van der Waals surface area contributed by atoms with Crippen LogP contribution in [0.2, 0.25) is 0 Å². The molecular weight excluding hydrogens is 969 g/mol. The topological polar surface area (TPSA) is 391 Å². The number of amides is 7. The van der Waals surface area contributed by atoms with Gasteiger partial charge in [-0.05, 0) is 35.7 Å². The number of carbonyl (C=O) groups excluding carboxylic acids is 7. The number of aliphatic hydroxyl groups is 4. The van der Waals surface area contributed by atoms with Crippen LogP contribution in [0.5, 0.6) is 0 Å². The van der Waals surface area contributed by atoms with E-state index in [1.807, 2.05) is 13.8 Å². The van der Waals surface area contributed by atoms with Crippen molar-refractivity contribution in [1.29, 1.82) is 0 Å². The first-order chi connectivity index (χ1) is 34.8. The van der Waals surface area contributed by atoms with Crippen molar-refractivity contribution in [2.24, 2.45) is 34.0 Å². The minimum Gasteiger partial charge on any atom is -0.423 e. The molecule has 1 aliphatic rings. The van der Waals surface area contributed by atoms with E-state index in [2.05, 4.69) is 21.9 Å². The number of guanidine groups is 1. The standard InChI is InChI=1S/C46H74BN13O14/c1-7-15-54(23-36(48)62)38(64)26-59(22-35-42(68)43(69)44(70)45(71)74-35)41(67)28-58(18-30(4)5)40(66)27-57(17-29(2)3)39(65)24-55(16-9-8-14-51-46(49)50)37(63)25-56(31(6)61)20-34-21-60(53-52-34)19-32-10-12-33(13-11-32)47(72)73/h7,10-13,21,29-30,35,42-45,68-73H,1,8-9,14-20,22-28H2,2-6H3,(H2,48,62)(H4,49,50,51)/t35-,42+,43+,44-,45+/m0/s1. The largest absolute Gasteiger partial charge is 0.488 e. The number of hydrogen-bond donors (Lipinski definition) is 9. The first kappa shape index (κ1) is 61.7. The highest BCUT2D eigenvalue weighted by molar-refractivity contribution is 6.58. The number of primary amides is 1. The van der Waals surface area contributed by atoms with Gasteiger partial charge in [0.1, 0.15) is 36.7 Å². The van der Waals surface area contributed by atoms with Crippen LogP contribution >= 0.6 is 0 Å². The van der Waals surface area contributed by atoms with Crippen molar-refractivity contribution >= 4 is 59.9 Å². The average Bonchev–Trinajstić information content (AvgIpc) is 3.76. The van der Waals surface area contributed by atoms with Gasteiger partial charge in [0.25, 0.3) is 0 Å². The summed E-state index contributed by atoms with van der Waals surface area (Å²) in [6.07, 6.45) is -5.50. The molecule has 1 aliphatic heterocycles. The molecule has 0 spiro atoms. The lowest BCUT2D eigenvalue weighted by atomic mass is 9.80. The number of aliphatic imine (C=N–C) groups is 1. The second-order valence-corrected chi connectivity index (χ2v) is 18.9. The van der Waals surface area contributed by atoms with Crippen LogP contribution in [0.3, 0.4) is 0 Å². The molecule has 1 saturated heterocycles. The predicted molar refractivity (Wildman–Crippen MR) is 267 cm³/mol. The Morgan fingerprint density at radius 1 is 0.743 bits per heavy atom. The number of nitrogens with zero attached hydrogens (tertiary/aromatic N) is 10. The van der Waals surface area contributed by atoms with Crippen LogP contribution in [0.4, 0.5) is 0 Å². The Morgan fingerprint density at radius 3 is 1.80 bits per heavy atom. The monoisotopic (exact) mass is 1040 g/mol. The highest BCUT2D eigenvalue weighted by atomic mass is 16.6. The summed E-state index contributed by atoms with van der Waals surface area (Å²) in [5.41, 5.74) is 17.8. The molecular formula is C46H74BN13O14. The first-order valence-electron chi connectivity index (χ1n) is 24.1. The fourth-order valence-electron chi connectivity index (χ4n) is 7.72. The van der Waals surface area contributed by atoms with E-state index in [4.69, 9.17) is 21.9 Å². The normalized spacial score (nSPS) is 17.3. The van der Waals surface area contributed by atoms with Crippen molar-refractivity contribution < 1.29 is 68.8 Å². The zero-order valence-corrected chi connectivity index (χ0v) is 42.8. The number of ether oxygens (including phenoxy) is 1. The highest BCUT2D eigenvalue weighted by Gasteiger charge is 2.44. The smallest absolute Gasteiger partial charge is 0.423 e. The Kier molecular flexibility index (Phi) is 25.0. The third kappa shape index (κ3) is 20.4. The van der Waals surface area contributed by atoms with Crippen LogP contribution in [0, 0.1) is 11.8 Å². The van der Waals surface area contributed by atoms with Crippen LogP contribution in [0.25, 0.3) is 0 Å². The minimum absolute atomic E-state index is 0.0235. The maximum absolute atomic E-state index is 14.4. The number of unbranched alkanes of at least 4 members (excludes halogenated alkanes) is 1. The number of benzene rings is 1. The van der Waals surface area contributed by atoms with Crippen molar-refractivity contribution in [3.63, 3.8) is 0 Å². The number of hydrogen-bond acceptors (Lipinski definition) is 17. The van der Waals surface area contributed by atoms with Gasteiger partial charge in [0.15, 0.2) is 12.2 Å². The van der Waals surface area contributed by atoms with E-state index in [0.717, 1.165) is 15.4 Å². The molecule has 0 saturated carbocycles. The molecule has 0 aliphatic carbocycles. The lowest BCUT2D eigenvalue weighted by molar-refractivity contribution is -0.283. The van der Waals surface area contributed by atoms with Gasteiger partial charge in [-0.1, -0.05) is 63.2 Å². The van der Waals surface area contributed by atoms with E-state index >= 15 is 0 Å². The molecule has 1 aromatic carbocycles. The number of carbonyl (C=O) groups is 7.